The van der Waals surface area contributed by atoms with Crippen LogP contribution in [0.2, 0.25) is 0 Å². The third-order valence-electron chi connectivity index (χ3n) is 6.07. The Hall–Kier alpha value is -2.69. The van der Waals surface area contributed by atoms with Crippen molar-refractivity contribution in [2.75, 3.05) is 56.6 Å². The first-order chi connectivity index (χ1) is 16.3. The molecule has 1 saturated heterocycles. The lowest BCUT2D eigenvalue weighted by Crippen LogP contribution is -2.47. The van der Waals surface area contributed by atoms with E-state index in [-0.39, 0.29) is 11.5 Å². The van der Waals surface area contributed by atoms with Gasteiger partial charge in [-0.05, 0) is 26.3 Å². The monoisotopic (exact) mass is 495 g/mol. The molecule has 1 fully saturated rings. The lowest BCUT2D eigenvalue weighted by molar-refractivity contribution is -0.141. The van der Waals surface area contributed by atoms with Crippen LogP contribution in [-0.2, 0) is 18.1 Å². The summed E-state index contributed by atoms with van der Waals surface area (Å²) in [5.74, 6) is 1.22. The maximum absolute atomic E-state index is 13.4. The molecule has 3 rings (SSSR count). The van der Waals surface area contributed by atoms with E-state index in [1.807, 2.05) is 57.8 Å². The van der Waals surface area contributed by atoms with Gasteiger partial charge in [0.05, 0.1) is 0 Å². The van der Waals surface area contributed by atoms with Crippen LogP contribution >= 0.6 is 0 Å². The molecule has 0 amide bonds. The van der Waals surface area contributed by atoms with Crippen molar-refractivity contribution in [3.63, 3.8) is 0 Å². The largest absolute Gasteiger partial charge is 0.433 e. The van der Waals surface area contributed by atoms with Gasteiger partial charge in [-0.25, -0.2) is 14.8 Å². The van der Waals surface area contributed by atoms with Crippen LogP contribution in [0.15, 0.2) is 17.1 Å². The molecule has 0 saturated carbocycles. The second-order valence-electron chi connectivity index (χ2n) is 10.3. The SMILES string of the molecule is Cc1cn(CCCCN2CCN(c3cc(C(F)(F)F)nc(C(C)(C)C)n3)CC2)c(=O)nc1N(C)C. The van der Waals surface area contributed by atoms with Crippen LogP contribution in [0.25, 0.3) is 0 Å². The third kappa shape index (κ3) is 6.93. The van der Waals surface area contributed by atoms with E-state index in [9.17, 15) is 18.0 Å². The van der Waals surface area contributed by atoms with Gasteiger partial charge < -0.3 is 9.80 Å². The predicted octanol–water partition coefficient (Wildman–Crippen LogP) is 3.33. The van der Waals surface area contributed by atoms with E-state index in [1.165, 1.54) is 0 Å². The van der Waals surface area contributed by atoms with Crippen molar-refractivity contribution in [1.82, 2.24) is 24.4 Å². The highest BCUT2D eigenvalue weighted by atomic mass is 19.4. The fourth-order valence-electron chi connectivity index (χ4n) is 4.10. The Labute approximate surface area is 204 Å². The fraction of sp³-hybridized carbons (Fsp3) is 0.667. The topological polar surface area (TPSA) is 70.4 Å². The third-order valence-corrected chi connectivity index (χ3v) is 6.07. The van der Waals surface area contributed by atoms with Gasteiger partial charge in [0.25, 0.3) is 0 Å². The van der Waals surface area contributed by atoms with Crippen LogP contribution in [0.3, 0.4) is 0 Å². The molecule has 1 aliphatic heterocycles. The van der Waals surface area contributed by atoms with Gasteiger partial charge in [0, 0.05) is 70.1 Å². The maximum Gasteiger partial charge on any atom is 0.433 e. The number of anilines is 2. The van der Waals surface area contributed by atoms with Crippen LogP contribution in [0.4, 0.5) is 24.8 Å². The summed E-state index contributed by atoms with van der Waals surface area (Å²) in [7, 11) is 3.73. The zero-order valence-electron chi connectivity index (χ0n) is 21.5. The molecule has 0 unspecified atom stereocenters. The van der Waals surface area contributed by atoms with Crippen molar-refractivity contribution < 1.29 is 13.2 Å². The Bertz CT molecular complexity index is 1040. The number of aryl methyl sites for hydroxylation is 2. The molecule has 35 heavy (non-hydrogen) atoms. The van der Waals surface area contributed by atoms with Gasteiger partial charge in [-0.3, -0.25) is 9.47 Å². The van der Waals surface area contributed by atoms with Crippen molar-refractivity contribution in [3.8, 4) is 0 Å². The molecule has 2 aromatic rings. The molecule has 2 aromatic heterocycles. The standard InChI is InChI=1S/C24H36F3N7O/c1-17-16-34(22(35)30-20(17)31(5)6)10-8-7-9-32-11-13-33(14-12-32)19-15-18(24(25,26)27)28-21(29-19)23(2,3)4/h15-16H,7-14H2,1-6H3. The zero-order chi connectivity index (χ0) is 26.0. The first kappa shape index (κ1) is 26.9. The molecule has 0 spiro atoms. The molecular formula is C24H36F3N7O. The Morgan fingerprint density at radius 3 is 2.17 bits per heavy atom. The molecule has 0 radical (unpaired) electrons. The highest BCUT2D eigenvalue weighted by Gasteiger charge is 2.36. The minimum absolute atomic E-state index is 0.198. The number of piperazine rings is 1. The van der Waals surface area contributed by atoms with E-state index >= 15 is 0 Å². The number of nitrogens with zero attached hydrogens (tertiary/aromatic N) is 7. The summed E-state index contributed by atoms with van der Waals surface area (Å²) in [5.41, 5.74) is -0.765. The fourth-order valence-corrected chi connectivity index (χ4v) is 4.10. The molecule has 1 aliphatic rings. The van der Waals surface area contributed by atoms with E-state index < -0.39 is 17.3 Å². The predicted molar refractivity (Wildman–Crippen MR) is 131 cm³/mol. The number of hydrogen-bond donors (Lipinski definition) is 0. The number of rotatable bonds is 7. The summed E-state index contributed by atoms with van der Waals surface area (Å²) in [6, 6.07) is 1.06. The van der Waals surface area contributed by atoms with Crippen molar-refractivity contribution in [2.45, 2.75) is 58.7 Å². The number of alkyl halides is 3. The molecule has 0 bridgehead atoms. The number of aromatic nitrogens is 4. The van der Waals surface area contributed by atoms with E-state index in [2.05, 4.69) is 19.9 Å². The van der Waals surface area contributed by atoms with Crippen LogP contribution in [0.5, 0.6) is 0 Å². The van der Waals surface area contributed by atoms with Gasteiger partial charge in [0.15, 0.2) is 0 Å². The van der Waals surface area contributed by atoms with E-state index in [0.717, 1.165) is 44.1 Å². The average molecular weight is 496 g/mol. The van der Waals surface area contributed by atoms with Crippen LogP contribution in [0, 0.1) is 6.92 Å². The quantitative estimate of drug-likeness (QED) is 0.546. The van der Waals surface area contributed by atoms with Crippen molar-refractivity contribution in [2.24, 2.45) is 0 Å². The number of halogens is 3. The van der Waals surface area contributed by atoms with Crippen molar-refractivity contribution in [1.29, 1.82) is 0 Å². The highest BCUT2D eigenvalue weighted by molar-refractivity contribution is 5.43. The highest BCUT2D eigenvalue weighted by Crippen LogP contribution is 2.32. The normalized spacial score (nSPS) is 15.5. The molecule has 11 heteroatoms. The Morgan fingerprint density at radius 2 is 1.60 bits per heavy atom. The summed E-state index contributed by atoms with van der Waals surface area (Å²) in [5, 5.41) is 0. The lowest BCUT2D eigenvalue weighted by Gasteiger charge is -2.36. The van der Waals surface area contributed by atoms with Crippen molar-refractivity contribution >= 4 is 11.6 Å². The van der Waals surface area contributed by atoms with Gasteiger partial charge in [-0.2, -0.15) is 18.2 Å². The number of hydrogen-bond acceptors (Lipinski definition) is 7. The smallest absolute Gasteiger partial charge is 0.362 e. The minimum Gasteiger partial charge on any atom is -0.362 e. The minimum atomic E-state index is -4.51. The van der Waals surface area contributed by atoms with E-state index in [0.29, 0.717) is 31.3 Å². The Balaban J connectivity index is 1.54. The number of unbranched alkanes of at least 4 members (excludes halogenated alkanes) is 1. The summed E-state index contributed by atoms with van der Waals surface area (Å²) in [4.78, 5) is 30.7. The molecule has 0 N–H and O–H groups in total. The summed E-state index contributed by atoms with van der Waals surface area (Å²) < 4.78 is 41.9. The molecule has 0 atom stereocenters. The second-order valence-corrected chi connectivity index (χ2v) is 10.3. The van der Waals surface area contributed by atoms with Gasteiger partial charge in [0.2, 0.25) is 0 Å². The molecular weight excluding hydrogens is 459 g/mol. The lowest BCUT2D eigenvalue weighted by atomic mass is 9.95. The molecule has 8 nitrogen and oxygen atoms in total. The molecule has 194 valence electrons. The van der Waals surface area contributed by atoms with Gasteiger partial charge in [0.1, 0.15) is 23.2 Å². The summed E-state index contributed by atoms with van der Waals surface area (Å²) in [6.45, 7) is 11.6. The van der Waals surface area contributed by atoms with Gasteiger partial charge >= 0.3 is 11.9 Å². The van der Waals surface area contributed by atoms with Crippen LogP contribution in [-0.4, -0.2) is 71.2 Å². The average Bonchev–Trinajstić information content (AvgIpc) is 2.77. The first-order valence-electron chi connectivity index (χ1n) is 11.9. The Morgan fingerprint density at radius 1 is 0.971 bits per heavy atom. The van der Waals surface area contributed by atoms with Crippen molar-refractivity contribution in [3.05, 3.63) is 39.8 Å². The molecule has 0 aromatic carbocycles. The maximum atomic E-state index is 13.4. The summed E-state index contributed by atoms with van der Waals surface area (Å²) >= 11 is 0. The van der Waals surface area contributed by atoms with E-state index in [1.54, 1.807) is 4.57 Å². The zero-order valence-corrected chi connectivity index (χ0v) is 21.5. The second kappa shape index (κ2) is 10.5. The van der Waals surface area contributed by atoms with Gasteiger partial charge in [-0.15, -0.1) is 0 Å². The molecule has 3 heterocycles. The van der Waals surface area contributed by atoms with E-state index in [4.69, 9.17) is 0 Å². The first-order valence-corrected chi connectivity index (χ1v) is 11.9. The summed E-state index contributed by atoms with van der Waals surface area (Å²) in [6.07, 6.45) is -0.895. The van der Waals surface area contributed by atoms with Crippen LogP contribution in [0.1, 0.15) is 50.7 Å². The Kier molecular flexibility index (Phi) is 8.08. The molecule has 0 aliphatic carbocycles. The van der Waals surface area contributed by atoms with Crippen LogP contribution < -0.4 is 15.5 Å². The van der Waals surface area contributed by atoms with Gasteiger partial charge in [-0.1, -0.05) is 20.8 Å².